The number of sulfonamides is 1. The van der Waals surface area contributed by atoms with Crippen LogP contribution in [0.15, 0.2) is 21.4 Å². The normalized spacial score (nSPS) is 31.2. The molecule has 6 nitrogen and oxygen atoms in total. The molecule has 0 radical (unpaired) electrons. The van der Waals surface area contributed by atoms with Gasteiger partial charge in [0.05, 0.1) is 11.4 Å². The summed E-state index contributed by atoms with van der Waals surface area (Å²) in [7, 11) is -4.18. The highest BCUT2D eigenvalue weighted by molar-refractivity contribution is 7.90. The van der Waals surface area contributed by atoms with Gasteiger partial charge < -0.3 is 15.5 Å². The molecule has 5 rings (SSSR count). The SMILES string of the molecule is O=S1(=O)N=C(C2CC2)Nc2c(N3[C@H]4CNC[C@H](C4)[C@@H]3C(F)(F)F)cc(F)cc21. The first-order valence-corrected chi connectivity index (χ1v) is 10.6. The molecule has 3 atom stereocenters. The third kappa shape index (κ3) is 2.78. The summed E-state index contributed by atoms with van der Waals surface area (Å²) in [5, 5.41) is 5.91. The molecule has 152 valence electrons. The molecule has 1 aliphatic carbocycles. The largest absolute Gasteiger partial charge is 0.409 e. The molecule has 0 amide bonds. The van der Waals surface area contributed by atoms with Crippen LogP contribution >= 0.6 is 0 Å². The third-order valence-electron chi connectivity index (χ3n) is 5.87. The van der Waals surface area contributed by atoms with Gasteiger partial charge in [0.2, 0.25) is 0 Å². The monoisotopic (exact) mass is 418 g/mol. The zero-order valence-electron chi connectivity index (χ0n) is 14.6. The van der Waals surface area contributed by atoms with Crippen molar-refractivity contribution >= 4 is 27.2 Å². The van der Waals surface area contributed by atoms with Gasteiger partial charge in [0, 0.05) is 31.0 Å². The van der Waals surface area contributed by atoms with Crippen LogP contribution in [0.5, 0.6) is 0 Å². The standard InChI is InChI=1S/C17H18F4N4O2S/c18-10-4-12(25-11-3-9(6-22-7-11)15(25)17(19,20)21)14-13(5-10)28(26,27)24-16(23-14)8-1-2-8/h4-5,8-9,11,15,22H,1-3,6-7H2,(H,23,24)/t9-,11+,15+/m0/s1. The molecule has 3 fully saturated rings. The Bertz CT molecular complexity index is 974. The Balaban J connectivity index is 1.68. The highest BCUT2D eigenvalue weighted by atomic mass is 32.2. The van der Waals surface area contributed by atoms with Gasteiger partial charge in [-0.2, -0.15) is 21.6 Å². The minimum absolute atomic E-state index is 0.0000926. The van der Waals surface area contributed by atoms with E-state index in [1.165, 1.54) is 0 Å². The van der Waals surface area contributed by atoms with Gasteiger partial charge in [0.1, 0.15) is 22.6 Å². The van der Waals surface area contributed by atoms with Gasteiger partial charge in [-0.25, -0.2) is 4.39 Å². The highest BCUT2D eigenvalue weighted by Crippen LogP contribution is 2.49. The fourth-order valence-corrected chi connectivity index (χ4v) is 5.82. The van der Waals surface area contributed by atoms with E-state index in [9.17, 15) is 26.0 Å². The molecule has 3 aliphatic heterocycles. The second-order valence-electron chi connectivity index (χ2n) is 7.85. The van der Waals surface area contributed by atoms with Gasteiger partial charge in [0.25, 0.3) is 10.0 Å². The summed E-state index contributed by atoms with van der Waals surface area (Å²) in [6.45, 7) is 0.542. The Kier molecular flexibility index (Phi) is 3.77. The van der Waals surface area contributed by atoms with E-state index in [0.717, 1.165) is 29.9 Å². The van der Waals surface area contributed by atoms with Crippen molar-refractivity contribution in [3.63, 3.8) is 0 Å². The summed E-state index contributed by atoms with van der Waals surface area (Å²) in [5.74, 6) is -1.41. The molecule has 11 heteroatoms. The first-order valence-electron chi connectivity index (χ1n) is 9.16. The predicted octanol–water partition coefficient (Wildman–Crippen LogP) is 2.48. The van der Waals surface area contributed by atoms with Gasteiger partial charge in [-0.3, -0.25) is 0 Å². The van der Waals surface area contributed by atoms with E-state index in [1.807, 2.05) is 0 Å². The average molecular weight is 418 g/mol. The number of halogens is 4. The van der Waals surface area contributed by atoms with Crippen LogP contribution in [0.25, 0.3) is 0 Å². The first kappa shape index (κ1) is 18.2. The molecule has 0 spiro atoms. The maximum Gasteiger partial charge on any atom is 0.409 e. The second kappa shape index (κ2) is 5.82. The molecule has 4 aliphatic rings. The second-order valence-corrected chi connectivity index (χ2v) is 9.42. The van der Waals surface area contributed by atoms with Gasteiger partial charge >= 0.3 is 6.18 Å². The Morgan fingerprint density at radius 3 is 2.61 bits per heavy atom. The van der Waals surface area contributed by atoms with E-state index in [-0.39, 0.29) is 29.7 Å². The predicted molar refractivity (Wildman–Crippen MR) is 94.5 cm³/mol. The van der Waals surface area contributed by atoms with Crippen molar-refractivity contribution in [3.05, 3.63) is 17.9 Å². The van der Waals surface area contributed by atoms with Gasteiger partial charge in [-0.15, -0.1) is 4.40 Å². The van der Waals surface area contributed by atoms with Crippen LogP contribution in [0.3, 0.4) is 0 Å². The van der Waals surface area contributed by atoms with Gasteiger partial charge in [-0.05, 0) is 31.4 Å². The summed E-state index contributed by atoms with van der Waals surface area (Å²) < 4.78 is 85.0. The zero-order valence-corrected chi connectivity index (χ0v) is 15.4. The van der Waals surface area contributed by atoms with Crippen LogP contribution < -0.4 is 15.5 Å². The molecule has 1 aromatic carbocycles. The van der Waals surface area contributed by atoms with Crippen molar-refractivity contribution in [1.29, 1.82) is 0 Å². The Morgan fingerprint density at radius 1 is 1.18 bits per heavy atom. The first-order chi connectivity index (χ1) is 13.1. The Hall–Kier alpha value is -1.88. The maximum atomic E-state index is 14.3. The van der Waals surface area contributed by atoms with E-state index >= 15 is 0 Å². The Morgan fingerprint density at radius 2 is 1.93 bits per heavy atom. The minimum atomic E-state index is -4.52. The van der Waals surface area contributed by atoms with Crippen molar-refractivity contribution in [2.75, 3.05) is 23.3 Å². The summed E-state index contributed by atoms with van der Waals surface area (Å²) in [6.07, 6.45) is -2.68. The average Bonchev–Trinajstić information content (AvgIpc) is 3.40. The van der Waals surface area contributed by atoms with Crippen molar-refractivity contribution in [3.8, 4) is 0 Å². The molecule has 1 aromatic rings. The number of amidine groups is 1. The van der Waals surface area contributed by atoms with Crippen molar-refractivity contribution < 1.29 is 26.0 Å². The molecule has 2 bridgehead atoms. The lowest BCUT2D eigenvalue weighted by Gasteiger charge is -2.35. The van der Waals surface area contributed by atoms with Crippen molar-refractivity contribution in [2.45, 2.75) is 42.4 Å². The van der Waals surface area contributed by atoms with E-state index in [0.29, 0.717) is 13.0 Å². The lowest BCUT2D eigenvalue weighted by atomic mass is 9.96. The fraction of sp³-hybridized carbons (Fsp3) is 0.588. The highest BCUT2D eigenvalue weighted by Gasteiger charge is 2.57. The number of nitrogens with one attached hydrogen (secondary N) is 2. The van der Waals surface area contributed by atoms with E-state index in [2.05, 4.69) is 15.0 Å². The topological polar surface area (TPSA) is 73.8 Å². The lowest BCUT2D eigenvalue weighted by molar-refractivity contribution is -0.154. The molecular weight excluding hydrogens is 400 g/mol. The number of fused-ring (bicyclic) bond motifs is 3. The fourth-order valence-electron chi connectivity index (χ4n) is 4.59. The number of piperidine rings is 1. The van der Waals surface area contributed by atoms with Crippen LogP contribution in [0.1, 0.15) is 19.3 Å². The molecule has 28 heavy (non-hydrogen) atoms. The lowest BCUT2D eigenvalue weighted by Crippen LogP contribution is -2.47. The number of rotatable bonds is 2. The molecule has 0 aromatic heterocycles. The quantitative estimate of drug-likeness (QED) is 0.722. The molecule has 1 saturated carbocycles. The van der Waals surface area contributed by atoms with Crippen LogP contribution in [-0.2, 0) is 10.0 Å². The van der Waals surface area contributed by atoms with Crippen LogP contribution in [0, 0.1) is 17.7 Å². The van der Waals surface area contributed by atoms with Crippen LogP contribution in [-0.4, -0.2) is 45.6 Å². The summed E-state index contributed by atoms with van der Waals surface area (Å²) >= 11 is 0. The number of hydrogen-bond acceptors (Lipinski definition) is 5. The molecule has 2 N–H and O–H groups in total. The Labute approximate surface area is 159 Å². The molecule has 2 saturated heterocycles. The number of anilines is 2. The summed E-state index contributed by atoms with van der Waals surface area (Å²) in [4.78, 5) is 0.743. The maximum absolute atomic E-state index is 14.3. The van der Waals surface area contributed by atoms with E-state index < -0.39 is 44.9 Å². The third-order valence-corrected chi connectivity index (χ3v) is 7.19. The molecule has 0 unspecified atom stereocenters. The van der Waals surface area contributed by atoms with Gasteiger partial charge in [-0.1, -0.05) is 0 Å². The van der Waals surface area contributed by atoms with Gasteiger partial charge in [0.15, 0.2) is 0 Å². The smallest absolute Gasteiger partial charge is 0.353 e. The number of hydrogen-bond donors (Lipinski definition) is 2. The van der Waals surface area contributed by atoms with Crippen molar-refractivity contribution in [2.24, 2.45) is 16.2 Å². The summed E-state index contributed by atoms with van der Waals surface area (Å²) in [6, 6.07) is -0.483. The van der Waals surface area contributed by atoms with Crippen molar-refractivity contribution in [1.82, 2.24) is 5.32 Å². The molecular formula is C17H18F4N4O2S. The van der Waals surface area contributed by atoms with Crippen LogP contribution in [0.4, 0.5) is 28.9 Å². The number of nitrogens with zero attached hydrogens (tertiary/aromatic N) is 2. The molecule has 3 heterocycles. The minimum Gasteiger partial charge on any atom is -0.353 e. The van der Waals surface area contributed by atoms with Crippen LogP contribution in [0.2, 0.25) is 0 Å². The zero-order chi connectivity index (χ0) is 19.8. The van der Waals surface area contributed by atoms with E-state index in [1.54, 1.807) is 0 Å². The van der Waals surface area contributed by atoms with E-state index in [4.69, 9.17) is 0 Å². The number of benzene rings is 1. The summed E-state index contributed by atoms with van der Waals surface area (Å²) in [5.41, 5.74) is -0.0646. The number of alkyl halides is 3.